The van der Waals surface area contributed by atoms with Crippen molar-refractivity contribution >= 4 is 53.3 Å². The maximum atomic E-state index is 5.20. The Morgan fingerprint density at radius 1 is 0.378 bits per heavy atom. The number of para-hydroxylation sites is 1. The predicted octanol–water partition coefficient (Wildman–Crippen LogP) is 11.2. The maximum absolute atomic E-state index is 5.20. The highest BCUT2D eigenvalue weighted by atomic mass is 32.1. The number of benzene rings is 6. The minimum atomic E-state index is 0.724. The third-order valence-electron chi connectivity index (χ3n) is 8.51. The number of nitrogens with zero attached hydrogens (tertiary/aromatic N) is 3. The van der Waals surface area contributed by atoms with Gasteiger partial charge in [-0.3, -0.25) is 0 Å². The summed E-state index contributed by atoms with van der Waals surface area (Å²) in [4.78, 5) is 16.5. The third kappa shape index (κ3) is 4.30. The fourth-order valence-electron chi connectivity index (χ4n) is 6.42. The van der Waals surface area contributed by atoms with E-state index in [2.05, 4.69) is 146 Å². The topological polar surface area (TPSA) is 38.7 Å². The van der Waals surface area contributed by atoms with Gasteiger partial charge < -0.3 is 0 Å². The summed E-state index contributed by atoms with van der Waals surface area (Å²) in [5.74, 6) is 0.724. The first-order valence-corrected chi connectivity index (χ1v) is 15.9. The van der Waals surface area contributed by atoms with Crippen LogP contribution in [0.15, 0.2) is 152 Å². The van der Waals surface area contributed by atoms with E-state index < -0.39 is 0 Å². The first-order chi connectivity index (χ1) is 22.3. The molecule has 0 amide bonds. The molecular formula is C41H25N3S. The number of fused-ring (bicyclic) bond motifs is 6. The van der Waals surface area contributed by atoms with Crippen molar-refractivity contribution < 1.29 is 0 Å². The van der Waals surface area contributed by atoms with Gasteiger partial charge in [0, 0.05) is 48.3 Å². The van der Waals surface area contributed by atoms with E-state index in [0.29, 0.717) is 0 Å². The van der Waals surface area contributed by atoms with Crippen molar-refractivity contribution in [2.24, 2.45) is 0 Å². The second-order valence-electron chi connectivity index (χ2n) is 11.2. The Kier molecular flexibility index (Phi) is 6.00. The monoisotopic (exact) mass is 591 g/mol. The van der Waals surface area contributed by atoms with E-state index >= 15 is 0 Å². The minimum Gasteiger partial charge on any atom is -0.247 e. The zero-order valence-electron chi connectivity index (χ0n) is 24.2. The highest BCUT2D eigenvalue weighted by Crippen LogP contribution is 2.41. The molecule has 6 aromatic carbocycles. The molecule has 9 aromatic rings. The lowest BCUT2D eigenvalue weighted by atomic mass is 9.93. The molecule has 0 atom stereocenters. The summed E-state index contributed by atoms with van der Waals surface area (Å²) in [5.41, 5.74) is 8.46. The van der Waals surface area contributed by atoms with Gasteiger partial charge in [-0.25, -0.2) is 15.0 Å². The van der Waals surface area contributed by atoms with E-state index in [-0.39, 0.29) is 0 Å². The van der Waals surface area contributed by atoms with Crippen molar-refractivity contribution in [1.82, 2.24) is 15.0 Å². The standard InChI is InChI=1S/C41H25N3S/c1-3-12-26(13-4-1)30-18-11-19-33-36(30)31-16-7-9-20-34(31)42-38(33)28-22-24-29(25-23-28)40-43-39(27-14-5-2-6-15-27)37-32-17-8-10-21-35(32)45-41(37)44-40/h1-25H. The lowest BCUT2D eigenvalue weighted by Gasteiger charge is -2.14. The Labute approximate surface area is 264 Å². The smallest absolute Gasteiger partial charge is 0.161 e. The number of rotatable bonds is 4. The molecule has 0 radical (unpaired) electrons. The van der Waals surface area contributed by atoms with Crippen LogP contribution in [0.2, 0.25) is 0 Å². The fraction of sp³-hybridized carbons (Fsp3) is 0. The van der Waals surface area contributed by atoms with Crippen molar-refractivity contribution in [3.05, 3.63) is 152 Å². The molecule has 0 saturated heterocycles. The van der Waals surface area contributed by atoms with Crippen LogP contribution in [0.3, 0.4) is 0 Å². The van der Waals surface area contributed by atoms with Gasteiger partial charge in [0.2, 0.25) is 0 Å². The molecule has 9 rings (SSSR count). The molecule has 0 fully saturated rings. The first-order valence-electron chi connectivity index (χ1n) is 15.0. The van der Waals surface area contributed by atoms with Crippen LogP contribution < -0.4 is 0 Å². The van der Waals surface area contributed by atoms with Crippen LogP contribution in [0.25, 0.3) is 87.0 Å². The lowest BCUT2D eigenvalue weighted by molar-refractivity contribution is 1.24. The van der Waals surface area contributed by atoms with Gasteiger partial charge in [0.15, 0.2) is 5.82 Å². The molecule has 210 valence electrons. The van der Waals surface area contributed by atoms with Crippen LogP contribution in [-0.4, -0.2) is 15.0 Å². The van der Waals surface area contributed by atoms with E-state index in [9.17, 15) is 0 Å². The van der Waals surface area contributed by atoms with Gasteiger partial charge in [-0.1, -0.05) is 140 Å². The van der Waals surface area contributed by atoms with Crippen LogP contribution in [0.4, 0.5) is 0 Å². The normalized spacial score (nSPS) is 11.6. The van der Waals surface area contributed by atoms with E-state index in [1.165, 1.54) is 26.6 Å². The van der Waals surface area contributed by atoms with E-state index in [1.54, 1.807) is 11.3 Å². The maximum Gasteiger partial charge on any atom is 0.161 e. The van der Waals surface area contributed by atoms with Gasteiger partial charge in [0.05, 0.1) is 16.9 Å². The summed E-state index contributed by atoms with van der Waals surface area (Å²) >= 11 is 1.72. The number of pyridine rings is 1. The summed E-state index contributed by atoms with van der Waals surface area (Å²) < 4.78 is 1.22. The molecule has 0 aliphatic carbocycles. The number of hydrogen-bond donors (Lipinski definition) is 0. The highest BCUT2D eigenvalue weighted by molar-refractivity contribution is 7.25. The predicted molar refractivity (Wildman–Crippen MR) is 189 cm³/mol. The Hall–Kier alpha value is -5.71. The highest BCUT2D eigenvalue weighted by Gasteiger charge is 2.18. The molecule has 45 heavy (non-hydrogen) atoms. The van der Waals surface area contributed by atoms with Crippen LogP contribution in [0.1, 0.15) is 0 Å². The second kappa shape index (κ2) is 10.5. The molecule has 3 aromatic heterocycles. The summed E-state index contributed by atoms with van der Waals surface area (Å²) in [6.45, 7) is 0. The summed E-state index contributed by atoms with van der Waals surface area (Å²) in [6.07, 6.45) is 0. The Morgan fingerprint density at radius 2 is 1.00 bits per heavy atom. The molecular weight excluding hydrogens is 567 g/mol. The molecule has 0 bridgehead atoms. The Morgan fingerprint density at radius 3 is 1.80 bits per heavy atom. The van der Waals surface area contributed by atoms with Gasteiger partial charge in [0.25, 0.3) is 0 Å². The largest absolute Gasteiger partial charge is 0.247 e. The quantitative estimate of drug-likeness (QED) is 0.191. The molecule has 0 spiro atoms. The zero-order valence-corrected chi connectivity index (χ0v) is 25.0. The SMILES string of the molecule is c1ccc(-c2nc(-c3ccc(-c4nc5ccccc5c5c(-c6ccccc6)cccc45)cc3)nc3sc4ccccc4c23)cc1. The van der Waals surface area contributed by atoms with Gasteiger partial charge in [0.1, 0.15) is 4.83 Å². The molecule has 3 heterocycles. The van der Waals surface area contributed by atoms with E-state index in [0.717, 1.165) is 60.4 Å². The van der Waals surface area contributed by atoms with Gasteiger partial charge >= 0.3 is 0 Å². The summed E-state index contributed by atoms with van der Waals surface area (Å²) in [5, 5.41) is 5.83. The molecule has 0 unspecified atom stereocenters. The third-order valence-corrected chi connectivity index (χ3v) is 9.58. The Balaban J connectivity index is 1.22. The molecule has 0 saturated carbocycles. The van der Waals surface area contributed by atoms with Crippen LogP contribution in [-0.2, 0) is 0 Å². The minimum absolute atomic E-state index is 0.724. The second-order valence-corrected chi connectivity index (χ2v) is 12.2. The lowest BCUT2D eigenvalue weighted by Crippen LogP contribution is -1.94. The van der Waals surface area contributed by atoms with E-state index in [1.807, 2.05) is 6.07 Å². The molecule has 0 aliphatic rings. The first kappa shape index (κ1) is 25.8. The Bertz CT molecular complexity index is 2520. The van der Waals surface area contributed by atoms with Crippen LogP contribution >= 0.6 is 11.3 Å². The summed E-state index contributed by atoms with van der Waals surface area (Å²) in [6, 6.07) is 53.1. The fourth-order valence-corrected chi connectivity index (χ4v) is 7.49. The molecule has 3 nitrogen and oxygen atoms in total. The average molecular weight is 592 g/mol. The average Bonchev–Trinajstić information content (AvgIpc) is 3.50. The van der Waals surface area contributed by atoms with Crippen molar-refractivity contribution in [3.8, 4) is 45.0 Å². The van der Waals surface area contributed by atoms with E-state index in [4.69, 9.17) is 15.0 Å². The number of hydrogen-bond acceptors (Lipinski definition) is 4. The van der Waals surface area contributed by atoms with Crippen molar-refractivity contribution in [2.45, 2.75) is 0 Å². The van der Waals surface area contributed by atoms with Gasteiger partial charge in [-0.2, -0.15) is 0 Å². The summed E-state index contributed by atoms with van der Waals surface area (Å²) in [7, 11) is 0. The molecule has 4 heteroatoms. The van der Waals surface area contributed by atoms with Gasteiger partial charge in [-0.05, 0) is 23.3 Å². The van der Waals surface area contributed by atoms with Crippen molar-refractivity contribution in [3.63, 3.8) is 0 Å². The molecule has 0 aliphatic heterocycles. The number of aromatic nitrogens is 3. The van der Waals surface area contributed by atoms with Crippen molar-refractivity contribution in [1.29, 1.82) is 0 Å². The van der Waals surface area contributed by atoms with Crippen LogP contribution in [0.5, 0.6) is 0 Å². The number of thiophene rings is 1. The zero-order chi connectivity index (χ0) is 29.7. The van der Waals surface area contributed by atoms with Crippen molar-refractivity contribution in [2.75, 3.05) is 0 Å². The van der Waals surface area contributed by atoms with Crippen LogP contribution in [0, 0.1) is 0 Å². The molecule has 0 N–H and O–H groups in total. The van der Waals surface area contributed by atoms with Gasteiger partial charge in [-0.15, -0.1) is 11.3 Å².